The van der Waals surface area contributed by atoms with Crippen molar-refractivity contribution in [1.29, 1.82) is 0 Å². The van der Waals surface area contributed by atoms with E-state index in [1.807, 2.05) is 0 Å². The van der Waals surface area contributed by atoms with Gasteiger partial charge in [-0.1, -0.05) is 13.3 Å². The van der Waals surface area contributed by atoms with Crippen LogP contribution in [-0.4, -0.2) is 35.6 Å². The summed E-state index contributed by atoms with van der Waals surface area (Å²) in [7, 11) is 0. The molecule has 0 aromatic heterocycles. The van der Waals surface area contributed by atoms with Crippen molar-refractivity contribution >= 4 is 0 Å². The molecule has 0 aliphatic rings. The first-order valence-electron chi connectivity index (χ1n) is 4.12. The summed E-state index contributed by atoms with van der Waals surface area (Å²) in [5.41, 5.74) is 0. The molecule has 0 aromatic rings. The van der Waals surface area contributed by atoms with E-state index in [2.05, 4.69) is 6.92 Å². The minimum Gasteiger partial charge on any atom is -0.394 e. The van der Waals surface area contributed by atoms with Crippen molar-refractivity contribution in [3.05, 3.63) is 0 Å². The van der Waals surface area contributed by atoms with E-state index in [0.717, 1.165) is 12.8 Å². The fourth-order valence-electron chi connectivity index (χ4n) is 0.673. The van der Waals surface area contributed by atoms with Gasteiger partial charge < -0.3 is 14.9 Å². The maximum atomic E-state index is 9.05. The van der Waals surface area contributed by atoms with Crippen LogP contribution in [0.3, 0.4) is 0 Å². The van der Waals surface area contributed by atoms with Gasteiger partial charge in [0.2, 0.25) is 0 Å². The molecule has 3 nitrogen and oxygen atoms in total. The Kier molecular flexibility index (Phi) is 6.51. The number of aliphatic hydroxyl groups is 2. The van der Waals surface area contributed by atoms with E-state index >= 15 is 0 Å². The van der Waals surface area contributed by atoms with Crippen molar-refractivity contribution in [3.8, 4) is 0 Å². The average molecular weight is 162 g/mol. The lowest BCUT2D eigenvalue weighted by molar-refractivity contribution is -0.0487. The molecule has 0 spiro atoms. The molecule has 2 atom stereocenters. The molecule has 0 amide bonds. The first-order valence-corrected chi connectivity index (χ1v) is 4.12. The molecule has 0 aromatic carbocycles. The summed E-state index contributed by atoms with van der Waals surface area (Å²) in [5, 5.41) is 17.6. The number of aliphatic hydroxyl groups excluding tert-OH is 2. The van der Waals surface area contributed by atoms with E-state index in [9.17, 15) is 0 Å². The number of hydrogen-bond donors (Lipinski definition) is 2. The van der Waals surface area contributed by atoms with Gasteiger partial charge in [0, 0.05) is 6.61 Å². The third-order valence-electron chi connectivity index (χ3n) is 1.61. The second kappa shape index (κ2) is 6.58. The maximum absolute atomic E-state index is 9.05. The quantitative estimate of drug-likeness (QED) is 0.561. The molecule has 0 rings (SSSR count). The predicted molar refractivity (Wildman–Crippen MR) is 43.4 cm³/mol. The second-order valence-electron chi connectivity index (χ2n) is 2.68. The van der Waals surface area contributed by atoms with Gasteiger partial charge in [0.15, 0.2) is 0 Å². The highest BCUT2D eigenvalue weighted by Crippen LogP contribution is 1.99. The highest BCUT2D eigenvalue weighted by molar-refractivity contribution is 4.61. The van der Waals surface area contributed by atoms with Crippen molar-refractivity contribution in [2.75, 3.05) is 13.2 Å². The van der Waals surface area contributed by atoms with Crippen LogP contribution in [0.25, 0.3) is 0 Å². The van der Waals surface area contributed by atoms with Crippen LogP contribution in [0, 0.1) is 0 Å². The monoisotopic (exact) mass is 162 g/mol. The van der Waals surface area contributed by atoms with E-state index < -0.39 is 6.10 Å². The molecule has 0 aliphatic heterocycles. The Balaban J connectivity index is 3.28. The van der Waals surface area contributed by atoms with E-state index in [0.29, 0.717) is 6.61 Å². The summed E-state index contributed by atoms with van der Waals surface area (Å²) in [6.45, 7) is 4.27. The van der Waals surface area contributed by atoms with Gasteiger partial charge in [-0.3, -0.25) is 0 Å². The van der Waals surface area contributed by atoms with Crippen LogP contribution in [0.4, 0.5) is 0 Å². The lowest BCUT2D eigenvalue weighted by Crippen LogP contribution is -2.29. The average Bonchev–Trinajstić information content (AvgIpc) is 2.03. The Morgan fingerprint density at radius 1 is 1.45 bits per heavy atom. The van der Waals surface area contributed by atoms with Crippen LogP contribution in [0.1, 0.15) is 26.7 Å². The number of ether oxygens (including phenoxy) is 1. The standard InChI is InChI=1S/C8H18O3/c1-3-4-5-11-7(2)8(10)6-9/h7-10H,3-6H2,1-2H3/t7-,8-/m1/s1. The van der Waals surface area contributed by atoms with Gasteiger partial charge >= 0.3 is 0 Å². The Morgan fingerprint density at radius 2 is 2.09 bits per heavy atom. The SMILES string of the molecule is CCCCO[C@H](C)[C@H](O)CO. The summed E-state index contributed by atoms with van der Waals surface area (Å²) in [5.74, 6) is 0. The number of hydrogen-bond acceptors (Lipinski definition) is 3. The normalized spacial score (nSPS) is 16.4. The van der Waals surface area contributed by atoms with Crippen LogP contribution in [-0.2, 0) is 4.74 Å². The molecular weight excluding hydrogens is 144 g/mol. The van der Waals surface area contributed by atoms with E-state index in [1.54, 1.807) is 6.92 Å². The van der Waals surface area contributed by atoms with Gasteiger partial charge in [-0.05, 0) is 13.3 Å². The zero-order chi connectivity index (χ0) is 8.69. The maximum Gasteiger partial charge on any atom is 0.103 e. The first-order chi connectivity index (χ1) is 5.22. The lowest BCUT2D eigenvalue weighted by atomic mass is 10.2. The Labute approximate surface area is 68.0 Å². The van der Waals surface area contributed by atoms with E-state index in [-0.39, 0.29) is 12.7 Å². The summed E-state index contributed by atoms with van der Waals surface area (Å²) in [6, 6.07) is 0. The molecule has 68 valence electrons. The zero-order valence-corrected chi connectivity index (χ0v) is 7.29. The van der Waals surface area contributed by atoms with Crippen LogP contribution in [0.2, 0.25) is 0 Å². The highest BCUT2D eigenvalue weighted by atomic mass is 16.5. The van der Waals surface area contributed by atoms with Crippen molar-refractivity contribution in [2.45, 2.75) is 38.9 Å². The summed E-state index contributed by atoms with van der Waals surface area (Å²) in [6.07, 6.45) is 1.09. The van der Waals surface area contributed by atoms with Gasteiger partial charge in [-0.2, -0.15) is 0 Å². The van der Waals surface area contributed by atoms with Gasteiger partial charge in [0.25, 0.3) is 0 Å². The Morgan fingerprint density at radius 3 is 2.55 bits per heavy atom. The fraction of sp³-hybridized carbons (Fsp3) is 1.00. The molecule has 0 heterocycles. The molecule has 0 unspecified atom stereocenters. The molecule has 0 radical (unpaired) electrons. The minimum atomic E-state index is -0.744. The summed E-state index contributed by atoms with van der Waals surface area (Å²) >= 11 is 0. The van der Waals surface area contributed by atoms with Crippen LogP contribution >= 0.6 is 0 Å². The third kappa shape index (κ3) is 5.18. The molecule has 0 aliphatic carbocycles. The van der Waals surface area contributed by atoms with E-state index in [1.165, 1.54) is 0 Å². The van der Waals surface area contributed by atoms with Gasteiger partial charge in [-0.15, -0.1) is 0 Å². The predicted octanol–water partition coefficient (Wildman–Crippen LogP) is 0.545. The molecular formula is C8H18O3. The van der Waals surface area contributed by atoms with Crippen molar-refractivity contribution in [2.24, 2.45) is 0 Å². The zero-order valence-electron chi connectivity index (χ0n) is 7.29. The number of unbranched alkanes of at least 4 members (excludes halogenated alkanes) is 1. The van der Waals surface area contributed by atoms with Crippen LogP contribution in [0.15, 0.2) is 0 Å². The highest BCUT2D eigenvalue weighted by Gasteiger charge is 2.12. The van der Waals surface area contributed by atoms with Crippen molar-refractivity contribution < 1.29 is 14.9 Å². The third-order valence-corrected chi connectivity index (χ3v) is 1.61. The van der Waals surface area contributed by atoms with Crippen LogP contribution < -0.4 is 0 Å². The smallest absolute Gasteiger partial charge is 0.103 e. The number of rotatable bonds is 6. The van der Waals surface area contributed by atoms with Crippen LogP contribution in [0.5, 0.6) is 0 Å². The minimum absolute atomic E-state index is 0.229. The largest absolute Gasteiger partial charge is 0.394 e. The topological polar surface area (TPSA) is 49.7 Å². The van der Waals surface area contributed by atoms with Gasteiger partial charge in [-0.25, -0.2) is 0 Å². The first kappa shape index (κ1) is 10.9. The molecule has 0 fully saturated rings. The Bertz CT molecular complexity index is 85.4. The molecule has 2 N–H and O–H groups in total. The van der Waals surface area contributed by atoms with Gasteiger partial charge in [0.05, 0.1) is 12.7 Å². The lowest BCUT2D eigenvalue weighted by Gasteiger charge is -2.16. The molecule has 0 saturated heterocycles. The summed E-state index contributed by atoms with van der Waals surface area (Å²) < 4.78 is 5.23. The Hall–Kier alpha value is -0.120. The molecule has 11 heavy (non-hydrogen) atoms. The molecule has 0 saturated carbocycles. The second-order valence-corrected chi connectivity index (χ2v) is 2.68. The fourth-order valence-corrected chi connectivity index (χ4v) is 0.673. The molecule has 0 bridgehead atoms. The summed E-state index contributed by atoms with van der Waals surface area (Å²) in [4.78, 5) is 0. The molecule has 3 heteroatoms. The van der Waals surface area contributed by atoms with Crippen molar-refractivity contribution in [1.82, 2.24) is 0 Å². The van der Waals surface area contributed by atoms with Crippen molar-refractivity contribution in [3.63, 3.8) is 0 Å². The van der Waals surface area contributed by atoms with Gasteiger partial charge in [0.1, 0.15) is 6.10 Å². The van der Waals surface area contributed by atoms with E-state index in [4.69, 9.17) is 14.9 Å².